The zero-order chi connectivity index (χ0) is 13.7. The molecule has 98 valence electrons. The maximum Gasteiger partial charge on any atom is 0.296 e. The first-order chi connectivity index (χ1) is 9.20. The van der Waals surface area contributed by atoms with Crippen molar-refractivity contribution in [1.82, 2.24) is 10.0 Å². The second kappa shape index (κ2) is 5.97. The van der Waals surface area contributed by atoms with E-state index >= 15 is 0 Å². The van der Waals surface area contributed by atoms with Crippen LogP contribution in [0.5, 0.6) is 0 Å². The van der Waals surface area contributed by atoms with Gasteiger partial charge >= 0.3 is 0 Å². The smallest absolute Gasteiger partial charge is 0.296 e. The van der Waals surface area contributed by atoms with Crippen molar-refractivity contribution in [2.75, 3.05) is 12.4 Å². The molecule has 19 heavy (non-hydrogen) atoms. The van der Waals surface area contributed by atoms with Crippen LogP contribution >= 0.6 is 0 Å². The topological polar surface area (TPSA) is 65.5 Å². The van der Waals surface area contributed by atoms with Gasteiger partial charge in [-0.3, -0.25) is 15.0 Å². The molecule has 2 rings (SSSR count). The molecule has 0 aliphatic heterocycles. The summed E-state index contributed by atoms with van der Waals surface area (Å²) in [5.74, 6) is -0.527. The lowest BCUT2D eigenvalue weighted by atomic mass is 10.2. The summed E-state index contributed by atoms with van der Waals surface area (Å²) in [5.41, 5.74) is 1.82. The number of hydrogen-bond acceptors (Lipinski definition) is 4. The molecule has 0 radical (unpaired) electrons. The van der Waals surface area contributed by atoms with E-state index in [1.54, 1.807) is 19.2 Å². The van der Waals surface area contributed by atoms with Gasteiger partial charge in [0.1, 0.15) is 5.69 Å². The molecule has 1 heterocycles. The van der Waals surface area contributed by atoms with Crippen molar-refractivity contribution < 1.29 is 10.0 Å². The normalized spacial score (nSPS) is 10.0. The molecule has 0 spiro atoms. The van der Waals surface area contributed by atoms with E-state index in [1.165, 1.54) is 6.20 Å². The number of hydroxylamine groups is 2. The Hall–Kier alpha value is -2.40. The highest BCUT2D eigenvalue weighted by Crippen LogP contribution is 2.10. The van der Waals surface area contributed by atoms with Gasteiger partial charge in [0, 0.05) is 18.9 Å². The highest BCUT2D eigenvalue weighted by Gasteiger charge is 2.15. The van der Waals surface area contributed by atoms with Crippen LogP contribution in [0.15, 0.2) is 48.7 Å². The van der Waals surface area contributed by atoms with Crippen molar-refractivity contribution in [3.8, 4) is 0 Å². The van der Waals surface area contributed by atoms with Gasteiger partial charge in [0.25, 0.3) is 5.91 Å². The zero-order valence-electron chi connectivity index (χ0n) is 10.6. The standard InChI is InChI=1S/C14H15N3O2/c1-15-12-7-8-16-13(9-12)14(18)17(19)10-11-5-3-2-4-6-11/h2-9,19H,10H2,1H3,(H,15,16). The Morgan fingerprint density at radius 2 is 2.05 bits per heavy atom. The van der Waals surface area contributed by atoms with Crippen LogP contribution in [-0.4, -0.2) is 28.2 Å². The number of carbonyl (C=O) groups is 1. The average Bonchev–Trinajstić information content (AvgIpc) is 2.47. The molecular weight excluding hydrogens is 242 g/mol. The van der Waals surface area contributed by atoms with Crippen LogP contribution in [-0.2, 0) is 6.54 Å². The van der Waals surface area contributed by atoms with Crippen molar-refractivity contribution in [3.05, 3.63) is 59.9 Å². The highest BCUT2D eigenvalue weighted by atomic mass is 16.5. The lowest BCUT2D eigenvalue weighted by Crippen LogP contribution is -2.27. The minimum Gasteiger partial charge on any atom is -0.388 e. The Morgan fingerprint density at radius 1 is 1.32 bits per heavy atom. The summed E-state index contributed by atoms with van der Waals surface area (Å²) < 4.78 is 0. The minimum atomic E-state index is -0.527. The fraction of sp³-hybridized carbons (Fsp3) is 0.143. The molecule has 0 saturated carbocycles. The first kappa shape index (κ1) is 13.0. The number of nitrogens with zero attached hydrogens (tertiary/aromatic N) is 2. The van der Waals surface area contributed by atoms with Crippen LogP contribution in [0.2, 0.25) is 0 Å². The van der Waals surface area contributed by atoms with E-state index < -0.39 is 5.91 Å². The van der Waals surface area contributed by atoms with Crippen LogP contribution in [0.25, 0.3) is 0 Å². The molecule has 0 aliphatic carbocycles. The van der Waals surface area contributed by atoms with Crippen LogP contribution < -0.4 is 5.32 Å². The van der Waals surface area contributed by atoms with Gasteiger partial charge in [0.2, 0.25) is 0 Å². The molecule has 0 atom stereocenters. The van der Waals surface area contributed by atoms with E-state index in [0.29, 0.717) is 5.06 Å². The summed E-state index contributed by atoms with van der Waals surface area (Å²) in [5, 5.41) is 13.4. The molecule has 0 unspecified atom stereocenters. The fourth-order valence-electron chi connectivity index (χ4n) is 1.66. The van der Waals surface area contributed by atoms with Crippen LogP contribution in [0, 0.1) is 0 Å². The second-order valence-corrected chi connectivity index (χ2v) is 4.03. The first-order valence-corrected chi connectivity index (χ1v) is 5.89. The van der Waals surface area contributed by atoms with E-state index in [-0.39, 0.29) is 12.2 Å². The predicted octanol–water partition coefficient (Wildman–Crippen LogP) is 2.15. The highest BCUT2D eigenvalue weighted by molar-refractivity contribution is 5.92. The van der Waals surface area contributed by atoms with Gasteiger partial charge < -0.3 is 5.32 Å². The Bertz CT molecular complexity index is 558. The number of benzene rings is 1. The molecule has 0 bridgehead atoms. The van der Waals surface area contributed by atoms with Crippen molar-refractivity contribution in [2.24, 2.45) is 0 Å². The molecule has 1 aromatic carbocycles. The molecular formula is C14H15N3O2. The molecule has 1 amide bonds. The molecule has 1 aromatic heterocycles. The lowest BCUT2D eigenvalue weighted by Gasteiger charge is -2.14. The van der Waals surface area contributed by atoms with E-state index in [2.05, 4.69) is 10.3 Å². The van der Waals surface area contributed by atoms with E-state index in [4.69, 9.17) is 0 Å². The first-order valence-electron chi connectivity index (χ1n) is 5.89. The van der Waals surface area contributed by atoms with E-state index in [9.17, 15) is 10.0 Å². The molecule has 0 saturated heterocycles. The van der Waals surface area contributed by atoms with E-state index in [0.717, 1.165) is 11.3 Å². The molecule has 2 aromatic rings. The number of nitrogens with one attached hydrogen (secondary N) is 1. The quantitative estimate of drug-likeness (QED) is 0.650. The van der Waals surface area contributed by atoms with Crippen molar-refractivity contribution >= 4 is 11.6 Å². The monoisotopic (exact) mass is 257 g/mol. The van der Waals surface area contributed by atoms with Gasteiger partial charge in [-0.1, -0.05) is 30.3 Å². The summed E-state index contributed by atoms with van der Waals surface area (Å²) in [6, 6.07) is 12.6. The average molecular weight is 257 g/mol. The van der Waals surface area contributed by atoms with Crippen molar-refractivity contribution in [2.45, 2.75) is 6.54 Å². The summed E-state index contributed by atoms with van der Waals surface area (Å²) in [7, 11) is 1.75. The number of anilines is 1. The minimum absolute atomic E-state index is 0.130. The molecule has 0 fully saturated rings. The number of amides is 1. The third kappa shape index (κ3) is 3.29. The second-order valence-electron chi connectivity index (χ2n) is 4.03. The largest absolute Gasteiger partial charge is 0.388 e. The molecule has 5 heteroatoms. The maximum atomic E-state index is 12.0. The Labute approximate surface area is 111 Å². The summed E-state index contributed by atoms with van der Waals surface area (Å²) in [6.45, 7) is 0.130. The van der Waals surface area contributed by atoms with Gasteiger partial charge in [-0.25, -0.2) is 5.06 Å². The van der Waals surface area contributed by atoms with Gasteiger partial charge in [0.15, 0.2) is 0 Å². The fourth-order valence-corrected chi connectivity index (χ4v) is 1.66. The lowest BCUT2D eigenvalue weighted by molar-refractivity contribution is -0.0652. The summed E-state index contributed by atoms with van der Waals surface area (Å²) in [6.07, 6.45) is 1.52. The third-order valence-corrected chi connectivity index (χ3v) is 2.68. The number of carbonyl (C=O) groups excluding carboxylic acids is 1. The maximum absolute atomic E-state index is 12.0. The number of hydrogen-bond donors (Lipinski definition) is 2. The van der Waals surface area contributed by atoms with Gasteiger partial charge in [-0.2, -0.15) is 0 Å². The van der Waals surface area contributed by atoms with Crippen LogP contribution in [0.1, 0.15) is 16.1 Å². The number of aromatic nitrogens is 1. The number of rotatable bonds is 4. The Morgan fingerprint density at radius 3 is 2.74 bits per heavy atom. The zero-order valence-corrected chi connectivity index (χ0v) is 10.6. The third-order valence-electron chi connectivity index (χ3n) is 2.68. The van der Waals surface area contributed by atoms with Crippen molar-refractivity contribution in [1.29, 1.82) is 0 Å². The van der Waals surface area contributed by atoms with Crippen LogP contribution in [0.3, 0.4) is 0 Å². The summed E-state index contributed by atoms with van der Waals surface area (Å²) in [4.78, 5) is 16.0. The number of pyridine rings is 1. The predicted molar refractivity (Wildman–Crippen MR) is 71.9 cm³/mol. The van der Waals surface area contributed by atoms with Crippen molar-refractivity contribution in [3.63, 3.8) is 0 Å². The van der Waals surface area contributed by atoms with Gasteiger partial charge in [0.05, 0.1) is 6.54 Å². The Kier molecular flexibility index (Phi) is 4.10. The molecule has 5 nitrogen and oxygen atoms in total. The SMILES string of the molecule is CNc1ccnc(C(=O)N(O)Cc2ccccc2)c1. The molecule has 2 N–H and O–H groups in total. The van der Waals surface area contributed by atoms with Crippen LogP contribution in [0.4, 0.5) is 5.69 Å². The van der Waals surface area contributed by atoms with Gasteiger partial charge in [-0.15, -0.1) is 0 Å². The van der Waals surface area contributed by atoms with E-state index in [1.807, 2.05) is 30.3 Å². The van der Waals surface area contributed by atoms with Gasteiger partial charge in [-0.05, 0) is 17.7 Å². The summed E-state index contributed by atoms with van der Waals surface area (Å²) >= 11 is 0. The molecule has 0 aliphatic rings. The Balaban J connectivity index is 2.10.